The second-order valence-corrected chi connectivity index (χ2v) is 8.48. The molecule has 2 atom stereocenters. The van der Waals surface area contributed by atoms with Crippen LogP contribution in [0.25, 0.3) is 0 Å². The number of amides is 1. The van der Waals surface area contributed by atoms with Crippen LogP contribution in [0.2, 0.25) is 0 Å². The first-order valence-corrected chi connectivity index (χ1v) is 11.0. The summed E-state index contributed by atoms with van der Waals surface area (Å²) in [5.74, 6) is 1.51. The van der Waals surface area contributed by atoms with Crippen molar-refractivity contribution in [2.45, 2.75) is 17.6 Å². The van der Waals surface area contributed by atoms with Crippen molar-refractivity contribution in [3.63, 3.8) is 0 Å². The van der Waals surface area contributed by atoms with Gasteiger partial charge in [0, 0.05) is 0 Å². The van der Waals surface area contributed by atoms with E-state index in [9.17, 15) is 17.8 Å². The van der Waals surface area contributed by atoms with E-state index in [2.05, 4.69) is 11.2 Å². The van der Waals surface area contributed by atoms with Gasteiger partial charge < -0.3 is 0 Å². The van der Waals surface area contributed by atoms with Gasteiger partial charge in [-0.05, 0) is 16.7 Å². The van der Waals surface area contributed by atoms with Crippen molar-refractivity contribution < 1.29 is 17.8 Å². The van der Waals surface area contributed by atoms with Gasteiger partial charge in [-0.2, -0.15) is 12.7 Å². The third-order valence-electron chi connectivity index (χ3n) is 5.46. The number of benzene rings is 3. The van der Waals surface area contributed by atoms with E-state index in [1.807, 2.05) is 91.0 Å². The molecule has 2 unspecified atom stereocenters. The van der Waals surface area contributed by atoms with Crippen molar-refractivity contribution in [3.8, 4) is 12.3 Å². The predicted octanol–water partition coefficient (Wildman–Crippen LogP) is 2.58. The molecule has 1 aliphatic heterocycles. The monoisotopic (exact) mass is 432 g/mol. The zero-order valence-corrected chi connectivity index (χ0v) is 17.2. The lowest BCUT2D eigenvalue weighted by Crippen LogP contribution is -2.73. The topological polar surface area (TPSA) is 86.7 Å². The molecular formula is C24H20N2O4S. The zero-order chi connectivity index (χ0) is 22.1. The van der Waals surface area contributed by atoms with Crippen LogP contribution in [0.15, 0.2) is 91.0 Å². The maximum atomic E-state index is 12.8. The molecule has 1 amide bonds. The molecule has 7 heteroatoms. The summed E-state index contributed by atoms with van der Waals surface area (Å²) < 4.78 is 33.1. The van der Waals surface area contributed by atoms with Gasteiger partial charge in [0.25, 0.3) is 5.91 Å². The first kappa shape index (κ1) is 20.8. The molecule has 0 aliphatic carbocycles. The van der Waals surface area contributed by atoms with Gasteiger partial charge in [0.05, 0.1) is 5.54 Å². The molecule has 156 valence electrons. The lowest BCUT2D eigenvalue weighted by atomic mass is 9.75. The Morgan fingerprint density at radius 2 is 1.23 bits per heavy atom. The van der Waals surface area contributed by atoms with Crippen molar-refractivity contribution in [1.29, 1.82) is 0 Å². The Morgan fingerprint density at radius 1 is 0.839 bits per heavy atom. The average molecular weight is 433 g/mol. The standard InChI is InChI=1S/C24H20N2O4S/c1-2-21-22(23(27)26(21)31(28,29)30)25-24(18-12-6-3-7-13-18,19-14-8-4-9-15-19)20-16-10-5-11-17-20/h1,3-17,21-22,25H,(H,28,29,30). The van der Waals surface area contributed by atoms with Crippen molar-refractivity contribution >= 4 is 16.2 Å². The van der Waals surface area contributed by atoms with E-state index in [1.54, 1.807) is 0 Å². The highest BCUT2D eigenvalue weighted by atomic mass is 32.2. The molecule has 0 radical (unpaired) electrons. The van der Waals surface area contributed by atoms with Crippen LogP contribution in [0.1, 0.15) is 16.7 Å². The Kier molecular flexibility index (Phi) is 5.38. The Morgan fingerprint density at radius 3 is 1.55 bits per heavy atom. The molecule has 1 aliphatic rings. The lowest BCUT2D eigenvalue weighted by Gasteiger charge is -2.47. The maximum Gasteiger partial charge on any atom is 0.363 e. The lowest BCUT2D eigenvalue weighted by molar-refractivity contribution is -0.140. The molecule has 0 aromatic heterocycles. The highest BCUT2D eigenvalue weighted by Crippen LogP contribution is 2.39. The molecule has 1 fully saturated rings. The van der Waals surface area contributed by atoms with Crippen LogP contribution in [0.5, 0.6) is 0 Å². The van der Waals surface area contributed by atoms with Gasteiger partial charge >= 0.3 is 10.3 Å². The van der Waals surface area contributed by atoms with Crippen molar-refractivity contribution in [2.24, 2.45) is 0 Å². The largest absolute Gasteiger partial charge is 0.363 e. The van der Waals surface area contributed by atoms with Gasteiger partial charge in [0.15, 0.2) is 0 Å². The summed E-state index contributed by atoms with van der Waals surface area (Å²) in [6.07, 6.45) is 5.55. The van der Waals surface area contributed by atoms with E-state index in [0.717, 1.165) is 16.7 Å². The van der Waals surface area contributed by atoms with Crippen LogP contribution >= 0.6 is 0 Å². The van der Waals surface area contributed by atoms with Gasteiger partial charge in [-0.25, -0.2) is 0 Å². The van der Waals surface area contributed by atoms with Crippen molar-refractivity contribution in [2.75, 3.05) is 0 Å². The molecule has 0 saturated carbocycles. The second-order valence-electron chi connectivity index (χ2n) is 7.19. The first-order valence-electron chi connectivity index (χ1n) is 9.60. The summed E-state index contributed by atoms with van der Waals surface area (Å²) >= 11 is 0. The molecule has 4 rings (SSSR count). The summed E-state index contributed by atoms with van der Waals surface area (Å²) in [5.41, 5.74) is 1.55. The molecular weight excluding hydrogens is 412 g/mol. The number of carbonyl (C=O) groups is 1. The fraction of sp³-hybridized carbons (Fsp3) is 0.125. The number of hydrogen-bond acceptors (Lipinski definition) is 4. The Bertz CT molecular complexity index is 1130. The minimum Gasteiger partial charge on any atom is -0.286 e. The smallest absolute Gasteiger partial charge is 0.286 e. The Hall–Kier alpha value is -3.44. The molecule has 0 spiro atoms. The van der Waals surface area contributed by atoms with Gasteiger partial charge in [0.1, 0.15) is 12.1 Å². The molecule has 1 saturated heterocycles. The fourth-order valence-corrected chi connectivity index (χ4v) is 4.88. The number of carbonyl (C=O) groups excluding carboxylic acids is 1. The minimum atomic E-state index is -4.76. The zero-order valence-electron chi connectivity index (χ0n) is 16.4. The van der Waals surface area contributed by atoms with E-state index in [1.165, 1.54) is 0 Å². The Balaban J connectivity index is 1.92. The third kappa shape index (κ3) is 3.51. The Labute approximate surface area is 181 Å². The van der Waals surface area contributed by atoms with Crippen LogP contribution in [-0.2, 0) is 20.6 Å². The van der Waals surface area contributed by atoms with Crippen molar-refractivity contribution in [1.82, 2.24) is 9.62 Å². The first-order chi connectivity index (χ1) is 14.9. The number of terminal acetylenes is 1. The van der Waals surface area contributed by atoms with Crippen LogP contribution < -0.4 is 5.32 Å². The number of hydrogen-bond donors (Lipinski definition) is 2. The summed E-state index contributed by atoms with van der Waals surface area (Å²) in [6, 6.07) is 26.4. The highest BCUT2D eigenvalue weighted by Gasteiger charge is 2.55. The van der Waals surface area contributed by atoms with Crippen LogP contribution in [0, 0.1) is 12.3 Å². The maximum absolute atomic E-state index is 12.8. The minimum absolute atomic E-state index is 0.330. The predicted molar refractivity (Wildman–Crippen MR) is 117 cm³/mol. The van der Waals surface area contributed by atoms with Crippen LogP contribution in [0.3, 0.4) is 0 Å². The van der Waals surface area contributed by atoms with E-state index in [-0.39, 0.29) is 0 Å². The molecule has 6 nitrogen and oxygen atoms in total. The molecule has 0 bridgehead atoms. The molecule has 3 aromatic carbocycles. The number of β-lactam (4-membered cyclic amide) rings is 1. The van der Waals surface area contributed by atoms with Crippen LogP contribution in [-0.4, -0.2) is 35.3 Å². The summed E-state index contributed by atoms with van der Waals surface area (Å²) in [7, 11) is -4.76. The molecule has 31 heavy (non-hydrogen) atoms. The third-order valence-corrected chi connectivity index (χ3v) is 6.37. The second kappa shape index (κ2) is 8.00. The highest BCUT2D eigenvalue weighted by molar-refractivity contribution is 7.84. The summed E-state index contributed by atoms with van der Waals surface area (Å²) in [6.45, 7) is 0. The summed E-state index contributed by atoms with van der Waals surface area (Å²) in [4.78, 5) is 12.8. The fourth-order valence-electron chi connectivity index (χ4n) is 4.07. The van der Waals surface area contributed by atoms with Crippen molar-refractivity contribution in [3.05, 3.63) is 108 Å². The molecule has 2 N–H and O–H groups in total. The van der Waals surface area contributed by atoms with E-state index in [0.29, 0.717) is 4.31 Å². The van der Waals surface area contributed by atoms with Gasteiger partial charge in [0.2, 0.25) is 0 Å². The SMILES string of the molecule is C#CC1C(NC(c2ccccc2)(c2ccccc2)c2ccccc2)C(=O)N1S(=O)(=O)O. The van der Waals surface area contributed by atoms with Gasteiger partial charge in [-0.3, -0.25) is 14.7 Å². The van der Waals surface area contributed by atoms with Crippen LogP contribution in [0.4, 0.5) is 0 Å². The van der Waals surface area contributed by atoms with E-state index >= 15 is 0 Å². The number of rotatable bonds is 6. The summed E-state index contributed by atoms with van der Waals surface area (Å²) in [5, 5.41) is 3.36. The van der Waals surface area contributed by atoms with E-state index < -0.39 is 33.8 Å². The average Bonchev–Trinajstić information content (AvgIpc) is 2.79. The number of nitrogens with one attached hydrogen (secondary N) is 1. The van der Waals surface area contributed by atoms with Gasteiger partial charge in [-0.15, -0.1) is 6.42 Å². The van der Waals surface area contributed by atoms with Gasteiger partial charge in [-0.1, -0.05) is 96.9 Å². The van der Waals surface area contributed by atoms with E-state index in [4.69, 9.17) is 6.42 Å². The number of nitrogens with zero attached hydrogens (tertiary/aromatic N) is 1. The quantitative estimate of drug-likeness (QED) is 0.271. The molecule has 3 aromatic rings. The normalized spacial score (nSPS) is 18.8. The molecule has 1 heterocycles.